The van der Waals surface area contributed by atoms with E-state index in [9.17, 15) is 10.1 Å². The van der Waals surface area contributed by atoms with Crippen molar-refractivity contribution in [1.29, 1.82) is 0 Å². The second kappa shape index (κ2) is 9.07. The Morgan fingerprint density at radius 2 is 2.17 bits per heavy atom. The smallest absolute Gasteiger partial charge is 0.269 e. The molecule has 24 heavy (non-hydrogen) atoms. The maximum atomic E-state index is 10.6. The van der Waals surface area contributed by atoms with E-state index in [0.29, 0.717) is 25.1 Å². The van der Waals surface area contributed by atoms with Gasteiger partial charge in [0.25, 0.3) is 5.69 Å². The standard InChI is InChI=1S/C16H26N6O2/c1-2-21-11-3-4-15(21)12-20-16(17)19-10-9-18-13-5-7-14(8-6-13)22(23)24/h5-8,15,18H,2-4,9-12H2,1H3,(H3,17,19,20). The normalized spacial score (nSPS) is 18.5. The van der Waals surface area contributed by atoms with Crippen molar-refractivity contribution in [2.75, 3.05) is 38.0 Å². The summed E-state index contributed by atoms with van der Waals surface area (Å²) < 4.78 is 0. The fourth-order valence-corrected chi connectivity index (χ4v) is 2.88. The monoisotopic (exact) mass is 334 g/mol. The highest BCUT2D eigenvalue weighted by molar-refractivity contribution is 5.77. The van der Waals surface area contributed by atoms with Crippen molar-refractivity contribution in [2.45, 2.75) is 25.8 Å². The number of nitro groups is 1. The fraction of sp³-hybridized carbons (Fsp3) is 0.562. The zero-order valence-electron chi connectivity index (χ0n) is 14.1. The fourth-order valence-electron chi connectivity index (χ4n) is 2.88. The van der Waals surface area contributed by atoms with Crippen molar-refractivity contribution in [2.24, 2.45) is 10.7 Å². The van der Waals surface area contributed by atoms with Crippen LogP contribution in [-0.2, 0) is 0 Å². The highest BCUT2D eigenvalue weighted by Gasteiger charge is 2.22. The van der Waals surface area contributed by atoms with Crippen molar-refractivity contribution < 1.29 is 4.92 Å². The molecule has 0 saturated carbocycles. The highest BCUT2D eigenvalue weighted by Crippen LogP contribution is 2.16. The maximum Gasteiger partial charge on any atom is 0.269 e. The Kier molecular flexibility index (Phi) is 6.80. The molecule has 1 saturated heterocycles. The van der Waals surface area contributed by atoms with Crippen LogP contribution in [0.2, 0.25) is 0 Å². The number of rotatable bonds is 8. The number of aliphatic imine (C=N–C) groups is 1. The van der Waals surface area contributed by atoms with Gasteiger partial charge in [0, 0.05) is 37.0 Å². The van der Waals surface area contributed by atoms with Crippen LogP contribution in [0.3, 0.4) is 0 Å². The Hall–Kier alpha value is -2.35. The van der Waals surface area contributed by atoms with Crippen molar-refractivity contribution in [3.05, 3.63) is 34.4 Å². The molecule has 8 heteroatoms. The average Bonchev–Trinajstić information content (AvgIpc) is 3.05. The molecule has 1 aromatic rings. The van der Waals surface area contributed by atoms with E-state index in [4.69, 9.17) is 5.73 Å². The number of likely N-dealkylation sites (tertiary alicyclic amines) is 1. The lowest BCUT2D eigenvalue weighted by Crippen LogP contribution is -2.37. The minimum absolute atomic E-state index is 0.0862. The Bertz CT molecular complexity index is 560. The number of nitrogens with two attached hydrogens (primary N) is 1. The van der Waals surface area contributed by atoms with Gasteiger partial charge >= 0.3 is 0 Å². The number of guanidine groups is 1. The molecular formula is C16H26N6O2. The van der Waals surface area contributed by atoms with Crippen LogP contribution in [0.25, 0.3) is 0 Å². The van der Waals surface area contributed by atoms with Gasteiger partial charge in [-0.3, -0.25) is 20.0 Å². The minimum Gasteiger partial charge on any atom is -0.383 e. The van der Waals surface area contributed by atoms with E-state index < -0.39 is 4.92 Å². The first-order valence-electron chi connectivity index (χ1n) is 8.36. The zero-order chi connectivity index (χ0) is 17.4. The van der Waals surface area contributed by atoms with Crippen molar-refractivity contribution >= 4 is 17.3 Å². The van der Waals surface area contributed by atoms with E-state index in [0.717, 1.165) is 25.3 Å². The first-order valence-corrected chi connectivity index (χ1v) is 8.36. The summed E-state index contributed by atoms with van der Waals surface area (Å²) in [5, 5.41) is 16.8. The molecule has 0 radical (unpaired) electrons. The molecule has 0 bridgehead atoms. The number of hydrogen-bond donors (Lipinski definition) is 3. The van der Waals surface area contributed by atoms with Crippen LogP contribution in [0.5, 0.6) is 0 Å². The van der Waals surface area contributed by atoms with Crippen molar-refractivity contribution in [3.8, 4) is 0 Å². The van der Waals surface area contributed by atoms with Gasteiger partial charge in [-0.1, -0.05) is 6.92 Å². The summed E-state index contributed by atoms with van der Waals surface area (Å²) >= 11 is 0. The van der Waals surface area contributed by atoms with E-state index >= 15 is 0 Å². The van der Waals surface area contributed by atoms with Crippen LogP contribution in [-0.4, -0.2) is 54.5 Å². The van der Waals surface area contributed by atoms with Crippen molar-refractivity contribution in [1.82, 2.24) is 10.2 Å². The molecule has 132 valence electrons. The van der Waals surface area contributed by atoms with Crippen LogP contribution in [0.4, 0.5) is 11.4 Å². The molecule has 1 fully saturated rings. The average molecular weight is 334 g/mol. The Balaban J connectivity index is 1.66. The summed E-state index contributed by atoms with van der Waals surface area (Å²) in [5.74, 6) is 0.462. The van der Waals surface area contributed by atoms with Crippen LogP contribution in [0.15, 0.2) is 29.3 Å². The molecule has 0 aromatic heterocycles. The largest absolute Gasteiger partial charge is 0.383 e. The van der Waals surface area contributed by atoms with Gasteiger partial charge in [0.15, 0.2) is 5.96 Å². The second-order valence-electron chi connectivity index (χ2n) is 5.81. The summed E-state index contributed by atoms with van der Waals surface area (Å²) in [6, 6.07) is 6.84. The third-order valence-corrected chi connectivity index (χ3v) is 4.22. The van der Waals surface area contributed by atoms with Gasteiger partial charge in [-0.15, -0.1) is 0 Å². The van der Waals surface area contributed by atoms with Crippen LogP contribution in [0.1, 0.15) is 19.8 Å². The highest BCUT2D eigenvalue weighted by atomic mass is 16.6. The molecule has 4 N–H and O–H groups in total. The predicted octanol–water partition coefficient (Wildman–Crippen LogP) is 1.40. The van der Waals surface area contributed by atoms with Crippen molar-refractivity contribution in [3.63, 3.8) is 0 Å². The molecule has 1 aromatic carbocycles. The molecule has 8 nitrogen and oxygen atoms in total. The van der Waals surface area contributed by atoms with E-state index in [1.165, 1.54) is 25.0 Å². The number of anilines is 1. The van der Waals surface area contributed by atoms with Gasteiger partial charge in [0.1, 0.15) is 0 Å². The number of nitrogens with zero attached hydrogens (tertiary/aromatic N) is 3. The Morgan fingerprint density at radius 1 is 1.42 bits per heavy atom. The third kappa shape index (κ3) is 5.38. The predicted molar refractivity (Wildman–Crippen MR) is 96.3 cm³/mol. The van der Waals surface area contributed by atoms with E-state index in [1.54, 1.807) is 12.1 Å². The lowest BCUT2D eigenvalue weighted by molar-refractivity contribution is -0.384. The van der Waals surface area contributed by atoms with Gasteiger partial charge in [0.2, 0.25) is 0 Å². The van der Waals surface area contributed by atoms with Crippen LogP contribution < -0.4 is 16.4 Å². The topological polar surface area (TPSA) is 109 Å². The quantitative estimate of drug-likeness (QED) is 0.218. The number of nitrogens with one attached hydrogen (secondary N) is 2. The molecule has 0 spiro atoms. The van der Waals surface area contributed by atoms with Gasteiger partial charge in [-0.25, -0.2) is 0 Å². The number of likely N-dealkylation sites (N-methyl/N-ethyl adjacent to an activating group) is 1. The van der Waals surface area contributed by atoms with E-state index in [-0.39, 0.29) is 5.69 Å². The molecule has 1 atom stereocenters. The molecule has 1 heterocycles. The van der Waals surface area contributed by atoms with Gasteiger partial charge in [0.05, 0.1) is 11.5 Å². The summed E-state index contributed by atoms with van der Waals surface area (Å²) in [6.45, 7) is 6.42. The summed E-state index contributed by atoms with van der Waals surface area (Å²) in [6.07, 6.45) is 2.42. The summed E-state index contributed by atoms with van der Waals surface area (Å²) in [7, 11) is 0. The first-order chi connectivity index (χ1) is 11.6. The number of benzene rings is 1. The number of nitro benzene ring substituents is 1. The molecule has 1 aliphatic rings. The van der Waals surface area contributed by atoms with E-state index in [1.807, 2.05) is 0 Å². The number of hydrogen-bond acceptors (Lipinski definition) is 5. The Labute approximate surface area is 142 Å². The SMILES string of the molecule is CCN1CCCC1CN=C(N)NCCNc1ccc([N+](=O)[O-])cc1. The van der Waals surface area contributed by atoms with Crippen LogP contribution >= 0.6 is 0 Å². The minimum atomic E-state index is -0.410. The van der Waals surface area contributed by atoms with Crippen LogP contribution in [0, 0.1) is 10.1 Å². The molecule has 1 aliphatic heterocycles. The summed E-state index contributed by atoms with van der Waals surface area (Å²) in [5.41, 5.74) is 6.81. The van der Waals surface area contributed by atoms with Gasteiger partial charge < -0.3 is 16.4 Å². The molecule has 0 amide bonds. The Morgan fingerprint density at radius 3 is 2.83 bits per heavy atom. The molecule has 2 rings (SSSR count). The first kappa shape index (κ1) is 18.0. The van der Waals surface area contributed by atoms with Gasteiger partial charge in [-0.2, -0.15) is 0 Å². The third-order valence-electron chi connectivity index (χ3n) is 4.22. The maximum absolute atomic E-state index is 10.6. The number of non-ortho nitro benzene ring substituents is 1. The molecule has 0 aliphatic carbocycles. The molecular weight excluding hydrogens is 308 g/mol. The van der Waals surface area contributed by atoms with Gasteiger partial charge in [-0.05, 0) is 38.1 Å². The lowest BCUT2D eigenvalue weighted by Gasteiger charge is -2.21. The second-order valence-corrected chi connectivity index (χ2v) is 5.81. The van der Waals surface area contributed by atoms with E-state index in [2.05, 4.69) is 27.4 Å². The molecule has 1 unspecified atom stereocenters. The lowest BCUT2D eigenvalue weighted by atomic mass is 10.2. The summed E-state index contributed by atoms with van der Waals surface area (Å²) in [4.78, 5) is 17.0. The zero-order valence-corrected chi connectivity index (χ0v) is 14.1.